The predicted octanol–water partition coefficient (Wildman–Crippen LogP) is 3.46. The largest absolute Gasteiger partial charge is 0.373 e. The van der Waals surface area contributed by atoms with Crippen molar-refractivity contribution in [2.75, 3.05) is 7.11 Å². The van der Waals surface area contributed by atoms with Crippen LogP contribution in [0.25, 0.3) is 0 Å². The molecule has 1 N–H and O–H groups in total. The van der Waals surface area contributed by atoms with Gasteiger partial charge in [0.15, 0.2) is 0 Å². The normalized spacial score (nSPS) is 23.0. The first kappa shape index (κ1) is 15.9. The van der Waals surface area contributed by atoms with Gasteiger partial charge in [0.2, 0.25) is 5.91 Å². The van der Waals surface area contributed by atoms with Gasteiger partial charge in [0.1, 0.15) is 5.60 Å². The Balaban J connectivity index is 1.65. The molecular formula is C18H17BrN2O2. The molecule has 1 aliphatic carbocycles. The number of benzene rings is 2. The predicted molar refractivity (Wildman–Crippen MR) is 93.1 cm³/mol. The lowest BCUT2D eigenvalue weighted by Crippen LogP contribution is -2.25. The first-order valence-electron chi connectivity index (χ1n) is 7.35. The van der Waals surface area contributed by atoms with Crippen LogP contribution in [0.2, 0.25) is 0 Å². The number of carbonyl (C=O) groups excluding carboxylic acids is 1. The molecule has 1 aliphatic rings. The van der Waals surface area contributed by atoms with Gasteiger partial charge in [-0.05, 0) is 18.1 Å². The lowest BCUT2D eigenvalue weighted by molar-refractivity contribution is -0.124. The molecule has 0 heterocycles. The van der Waals surface area contributed by atoms with Crippen molar-refractivity contribution >= 4 is 28.1 Å². The number of hydrogen-bond acceptors (Lipinski definition) is 3. The molecule has 5 heteroatoms. The fourth-order valence-electron chi connectivity index (χ4n) is 2.75. The van der Waals surface area contributed by atoms with Crippen LogP contribution in [0, 0.1) is 5.92 Å². The highest BCUT2D eigenvalue weighted by Crippen LogP contribution is 2.54. The molecular weight excluding hydrogens is 356 g/mol. The zero-order chi connectivity index (χ0) is 16.3. The van der Waals surface area contributed by atoms with Crippen LogP contribution in [0.5, 0.6) is 0 Å². The molecule has 0 saturated heterocycles. The van der Waals surface area contributed by atoms with E-state index in [0.717, 1.165) is 15.6 Å². The second-order valence-corrected chi connectivity index (χ2v) is 6.33. The summed E-state index contributed by atoms with van der Waals surface area (Å²) >= 11 is 3.44. The monoisotopic (exact) mass is 372 g/mol. The number of methoxy groups -OCH3 is 1. The Hall–Kier alpha value is -1.98. The molecule has 1 amide bonds. The molecule has 0 radical (unpaired) electrons. The zero-order valence-electron chi connectivity index (χ0n) is 12.7. The summed E-state index contributed by atoms with van der Waals surface area (Å²) < 4.78 is 6.56. The number of nitrogens with one attached hydrogen (secondary N) is 1. The Kier molecular flexibility index (Phi) is 4.59. The number of ether oxygens (including phenoxy) is 1. The van der Waals surface area contributed by atoms with E-state index in [1.807, 2.05) is 54.6 Å². The van der Waals surface area contributed by atoms with Crippen LogP contribution in [0.4, 0.5) is 0 Å². The molecule has 2 aromatic carbocycles. The van der Waals surface area contributed by atoms with Gasteiger partial charge in [0.25, 0.3) is 0 Å². The number of halogens is 1. The van der Waals surface area contributed by atoms with Crippen molar-refractivity contribution in [2.24, 2.45) is 11.0 Å². The molecule has 0 unspecified atom stereocenters. The van der Waals surface area contributed by atoms with E-state index >= 15 is 0 Å². The maximum absolute atomic E-state index is 12.3. The summed E-state index contributed by atoms with van der Waals surface area (Å²) in [6.45, 7) is 0. The van der Waals surface area contributed by atoms with Crippen LogP contribution in [0.15, 0.2) is 64.2 Å². The minimum absolute atomic E-state index is 0.126. The Morgan fingerprint density at radius 2 is 1.96 bits per heavy atom. The molecule has 23 heavy (non-hydrogen) atoms. The summed E-state index contributed by atoms with van der Waals surface area (Å²) in [5, 5.41) is 4.05. The third-order valence-corrected chi connectivity index (χ3v) is 4.86. The molecule has 2 aromatic rings. The molecule has 0 aromatic heterocycles. The van der Waals surface area contributed by atoms with Gasteiger partial charge < -0.3 is 4.74 Å². The van der Waals surface area contributed by atoms with Gasteiger partial charge in [-0.2, -0.15) is 5.10 Å². The highest BCUT2D eigenvalue weighted by atomic mass is 79.9. The van der Waals surface area contributed by atoms with Crippen LogP contribution in [-0.2, 0) is 15.1 Å². The summed E-state index contributed by atoms with van der Waals surface area (Å²) in [6, 6.07) is 17.5. The van der Waals surface area contributed by atoms with E-state index in [1.54, 1.807) is 13.3 Å². The van der Waals surface area contributed by atoms with Gasteiger partial charge >= 0.3 is 0 Å². The quantitative estimate of drug-likeness (QED) is 0.645. The molecule has 0 spiro atoms. The second kappa shape index (κ2) is 6.64. The van der Waals surface area contributed by atoms with Crippen LogP contribution in [0.1, 0.15) is 17.5 Å². The molecule has 3 rings (SSSR count). The summed E-state index contributed by atoms with van der Waals surface area (Å²) in [5.41, 5.74) is 4.02. The lowest BCUT2D eigenvalue weighted by atomic mass is 10.1. The average molecular weight is 373 g/mol. The smallest absolute Gasteiger partial charge is 0.246 e. The van der Waals surface area contributed by atoms with Crippen molar-refractivity contribution in [2.45, 2.75) is 12.0 Å². The average Bonchev–Trinajstić information content (AvgIpc) is 3.34. The summed E-state index contributed by atoms with van der Waals surface area (Å²) in [6.07, 6.45) is 2.30. The van der Waals surface area contributed by atoms with Crippen molar-refractivity contribution in [3.05, 3.63) is 70.2 Å². The molecule has 0 aliphatic heterocycles. The number of amides is 1. The fraction of sp³-hybridized carbons (Fsp3) is 0.222. The summed E-state index contributed by atoms with van der Waals surface area (Å²) in [5.74, 6) is -0.342. The molecule has 1 saturated carbocycles. The van der Waals surface area contributed by atoms with Gasteiger partial charge in [0, 0.05) is 17.1 Å². The van der Waals surface area contributed by atoms with Crippen molar-refractivity contribution in [1.82, 2.24) is 5.43 Å². The number of hydrazone groups is 1. The van der Waals surface area contributed by atoms with E-state index in [9.17, 15) is 4.79 Å². The van der Waals surface area contributed by atoms with Crippen LogP contribution >= 0.6 is 15.9 Å². The number of hydrogen-bond donors (Lipinski definition) is 1. The summed E-state index contributed by atoms with van der Waals surface area (Å²) in [4.78, 5) is 12.3. The lowest BCUT2D eigenvalue weighted by Gasteiger charge is -2.15. The Morgan fingerprint density at radius 3 is 2.65 bits per heavy atom. The van der Waals surface area contributed by atoms with E-state index in [2.05, 4.69) is 26.5 Å². The van der Waals surface area contributed by atoms with Crippen molar-refractivity contribution in [1.29, 1.82) is 0 Å². The fourth-order valence-corrected chi connectivity index (χ4v) is 3.14. The molecule has 4 nitrogen and oxygen atoms in total. The van der Waals surface area contributed by atoms with E-state index < -0.39 is 5.60 Å². The third kappa shape index (κ3) is 3.21. The van der Waals surface area contributed by atoms with Gasteiger partial charge in [-0.15, -0.1) is 0 Å². The van der Waals surface area contributed by atoms with Gasteiger partial charge in [-0.1, -0.05) is 64.5 Å². The van der Waals surface area contributed by atoms with E-state index in [-0.39, 0.29) is 11.8 Å². The van der Waals surface area contributed by atoms with Crippen molar-refractivity contribution in [3.63, 3.8) is 0 Å². The van der Waals surface area contributed by atoms with Crippen LogP contribution in [0.3, 0.4) is 0 Å². The van der Waals surface area contributed by atoms with E-state index in [1.165, 1.54) is 0 Å². The standard InChI is InChI=1S/C18H17BrN2O2/c1-23-18(14-8-3-2-4-9-14)11-15(18)17(22)21-20-12-13-7-5-6-10-16(13)19/h2-10,12,15H,11H2,1H3,(H,21,22)/b20-12-/t15-,18+/m0/s1. The van der Waals surface area contributed by atoms with Crippen molar-refractivity contribution < 1.29 is 9.53 Å². The molecule has 2 atom stereocenters. The molecule has 0 bridgehead atoms. The van der Waals surface area contributed by atoms with E-state index in [0.29, 0.717) is 6.42 Å². The van der Waals surface area contributed by atoms with Gasteiger partial charge in [-0.3, -0.25) is 4.79 Å². The number of nitrogens with zero attached hydrogens (tertiary/aromatic N) is 1. The van der Waals surface area contributed by atoms with Crippen molar-refractivity contribution in [3.8, 4) is 0 Å². The Morgan fingerprint density at radius 1 is 1.26 bits per heavy atom. The maximum Gasteiger partial charge on any atom is 0.246 e. The summed E-state index contributed by atoms with van der Waals surface area (Å²) in [7, 11) is 1.64. The van der Waals surface area contributed by atoms with E-state index in [4.69, 9.17) is 4.74 Å². The second-order valence-electron chi connectivity index (χ2n) is 5.47. The Bertz CT molecular complexity index is 733. The highest BCUT2D eigenvalue weighted by molar-refractivity contribution is 9.10. The number of rotatable bonds is 5. The highest BCUT2D eigenvalue weighted by Gasteiger charge is 2.60. The molecule has 118 valence electrons. The third-order valence-electron chi connectivity index (χ3n) is 4.14. The van der Waals surface area contributed by atoms with Crippen LogP contribution < -0.4 is 5.43 Å². The SMILES string of the molecule is CO[C@@]1(c2ccccc2)C[C@H]1C(=O)N/N=C\c1ccccc1Br. The first-order valence-corrected chi connectivity index (χ1v) is 8.15. The maximum atomic E-state index is 12.3. The zero-order valence-corrected chi connectivity index (χ0v) is 14.3. The molecule has 1 fully saturated rings. The minimum atomic E-state index is -0.520. The topological polar surface area (TPSA) is 50.7 Å². The van der Waals surface area contributed by atoms with Gasteiger partial charge in [-0.25, -0.2) is 5.43 Å². The Labute approximate surface area is 143 Å². The number of carbonyl (C=O) groups is 1. The van der Waals surface area contributed by atoms with Gasteiger partial charge in [0.05, 0.1) is 12.1 Å². The minimum Gasteiger partial charge on any atom is -0.373 e. The van der Waals surface area contributed by atoms with Crippen LogP contribution in [-0.4, -0.2) is 19.2 Å². The first-order chi connectivity index (χ1) is 11.2.